The SMILES string of the molecule is COc1ccc(CCNC(=O)CCc2cccc(OC)c2OC)cc1OC. The normalized spacial score (nSPS) is 10.2. The lowest BCUT2D eigenvalue weighted by Crippen LogP contribution is -2.25. The molecule has 0 bridgehead atoms. The van der Waals surface area contributed by atoms with Gasteiger partial charge in [0.1, 0.15) is 0 Å². The molecular weight excluding hydrogens is 346 g/mol. The van der Waals surface area contributed by atoms with E-state index in [9.17, 15) is 4.79 Å². The zero-order valence-electron chi connectivity index (χ0n) is 16.3. The summed E-state index contributed by atoms with van der Waals surface area (Å²) in [5.74, 6) is 2.73. The molecule has 6 heteroatoms. The number of carbonyl (C=O) groups is 1. The van der Waals surface area contributed by atoms with Gasteiger partial charge in [0.25, 0.3) is 0 Å². The number of hydrogen-bond donors (Lipinski definition) is 1. The Bertz CT molecular complexity index is 760. The number of benzene rings is 2. The summed E-state index contributed by atoms with van der Waals surface area (Å²) < 4.78 is 21.2. The van der Waals surface area contributed by atoms with Crippen molar-refractivity contribution in [2.75, 3.05) is 35.0 Å². The van der Waals surface area contributed by atoms with Crippen molar-refractivity contribution in [3.8, 4) is 23.0 Å². The molecule has 146 valence electrons. The minimum atomic E-state index is 0.000324. The minimum absolute atomic E-state index is 0.000324. The standard InChI is InChI=1S/C21H27NO5/c1-24-17-10-8-15(14-19(17)26-3)12-13-22-20(23)11-9-16-6-5-7-18(25-2)21(16)27-4/h5-8,10,14H,9,11-13H2,1-4H3,(H,22,23). The van der Waals surface area contributed by atoms with E-state index in [2.05, 4.69) is 5.32 Å². The zero-order chi connectivity index (χ0) is 19.6. The summed E-state index contributed by atoms with van der Waals surface area (Å²) in [6.07, 6.45) is 1.69. The number of amides is 1. The van der Waals surface area contributed by atoms with Crippen molar-refractivity contribution < 1.29 is 23.7 Å². The molecule has 1 N–H and O–H groups in total. The molecule has 0 aromatic heterocycles. The molecule has 0 saturated heterocycles. The van der Waals surface area contributed by atoms with Crippen LogP contribution in [0, 0.1) is 0 Å². The second-order valence-electron chi connectivity index (χ2n) is 5.94. The number of rotatable bonds is 10. The summed E-state index contributed by atoms with van der Waals surface area (Å²) in [7, 11) is 6.42. The van der Waals surface area contributed by atoms with Crippen LogP contribution in [0.5, 0.6) is 23.0 Å². The van der Waals surface area contributed by atoms with Crippen molar-refractivity contribution in [3.63, 3.8) is 0 Å². The Morgan fingerprint density at radius 3 is 2.26 bits per heavy atom. The van der Waals surface area contributed by atoms with Gasteiger partial charge in [-0.3, -0.25) is 4.79 Å². The minimum Gasteiger partial charge on any atom is -0.493 e. The maximum absolute atomic E-state index is 12.2. The van der Waals surface area contributed by atoms with Gasteiger partial charge < -0.3 is 24.3 Å². The first-order chi connectivity index (χ1) is 13.1. The number of carbonyl (C=O) groups excluding carboxylic acids is 1. The highest BCUT2D eigenvalue weighted by atomic mass is 16.5. The van der Waals surface area contributed by atoms with E-state index < -0.39 is 0 Å². The van der Waals surface area contributed by atoms with Crippen LogP contribution in [0.15, 0.2) is 36.4 Å². The average Bonchev–Trinajstić information content (AvgIpc) is 2.71. The Morgan fingerprint density at radius 2 is 1.59 bits per heavy atom. The fraction of sp³-hybridized carbons (Fsp3) is 0.381. The van der Waals surface area contributed by atoms with E-state index in [1.54, 1.807) is 28.4 Å². The molecule has 6 nitrogen and oxygen atoms in total. The van der Waals surface area contributed by atoms with Crippen LogP contribution < -0.4 is 24.3 Å². The summed E-state index contributed by atoms with van der Waals surface area (Å²) in [4.78, 5) is 12.2. The molecule has 0 aliphatic rings. The second-order valence-corrected chi connectivity index (χ2v) is 5.94. The second kappa shape index (κ2) is 10.3. The number of nitrogens with one attached hydrogen (secondary N) is 1. The van der Waals surface area contributed by atoms with Crippen LogP contribution in [0.2, 0.25) is 0 Å². The highest BCUT2D eigenvalue weighted by molar-refractivity contribution is 5.76. The van der Waals surface area contributed by atoms with Crippen molar-refractivity contribution in [1.29, 1.82) is 0 Å². The van der Waals surface area contributed by atoms with Crippen LogP contribution in [0.1, 0.15) is 17.5 Å². The fourth-order valence-electron chi connectivity index (χ4n) is 2.87. The third-order valence-electron chi connectivity index (χ3n) is 4.29. The van der Waals surface area contributed by atoms with Gasteiger partial charge in [0, 0.05) is 13.0 Å². The molecule has 27 heavy (non-hydrogen) atoms. The van der Waals surface area contributed by atoms with Crippen molar-refractivity contribution in [3.05, 3.63) is 47.5 Å². The van der Waals surface area contributed by atoms with E-state index in [0.29, 0.717) is 48.8 Å². The number of para-hydroxylation sites is 1. The lowest BCUT2D eigenvalue weighted by Gasteiger charge is -2.12. The number of aryl methyl sites for hydroxylation is 1. The first-order valence-electron chi connectivity index (χ1n) is 8.80. The van der Waals surface area contributed by atoms with Gasteiger partial charge in [-0.1, -0.05) is 18.2 Å². The van der Waals surface area contributed by atoms with Gasteiger partial charge in [-0.2, -0.15) is 0 Å². The van der Waals surface area contributed by atoms with E-state index >= 15 is 0 Å². The topological polar surface area (TPSA) is 66.0 Å². The fourth-order valence-corrected chi connectivity index (χ4v) is 2.87. The van der Waals surface area contributed by atoms with Crippen LogP contribution in [0.3, 0.4) is 0 Å². The van der Waals surface area contributed by atoms with Gasteiger partial charge in [-0.05, 0) is 42.2 Å². The Morgan fingerprint density at radius 1 is 0.852 bits per heavy atom. The first-order valence-corrected chi connectivity index (χ1v) is 8.80. The Hall–Kier alpha value is -2.89. The van der Waals surface area contributed by atoms with Gasteiger partial charge in [0.05, 0.1) is 28.4 Å². The molecule has 2 aromatic carbocycles. The molecule has 0 fully saturated rings. The van der Waals surface area contributed by atoms with Crippen molar-refractivity contribution >= 4 is 5.91 Å². The molecule has 0 unspecified atom stereocenters. The van der Waals surface area contributed by atoms with Crippen LogP contribution in [-0.4, -0.2) is 40.9 Å². The molecular formula is C21H27NO5. The molecule has 0 spiro atoms. The summed E-state index contributed by atoms with van der Waals surface area (Å²) in [5, 5.41) is 2.95. The van der Waals surface area contributed by atoms with Gasteiger partial charge in [-0.15, -0.1) is 0 Å². The van der Waals surface area contributed by atoms with E-state index in [1.165, 1.54) is 0 Å². The average molecular weight is 373 g/mol. The van der Waals surface area contributed by atoms with Crippen LogP contribution in [0.25, 0.3) is 0 Å². The summed E-state index contributed by atoms with van der Waals surface area (Å²) in [6.45, 7) is 0.559. The van der Waals surface area contributed by atoms with Crippen LogP contribution in [-0.2, 0) is 17.6 Å². The Labute approximate surface area is 160 Å². The van der Waals surface area contributed by atoms with E-state index in [-0.39, 0.29) is 5.91 Å². The van der Waals surface area contributed by atoms with Crippen LogP contribution in [0.4, 0.5) is 0 Å². The van der Waals surface area contributed by atoms with E-state index in [0.717, 1.165) is 11.1 Å². The number of methoxy groups -OCH3 is 4. The maximum Gasteiger partial charge on any atom is 0.220 e. The van der Waals surface area contributed by atoms with Crippen LogP contribution >= 0.6 is 0 Å². The molecule has 0 heterocycles. The first kappa shape index (κ1) is 20.4. The monoisotopic (exact) mass is 373 g/mol. The molecule has 0 radical (unpaired) electrons. The molecule has 0 saturated carbocycles. The Kier molecular flexibility index (Phi) is 7.79. The molecule has 0 aliphatic carbocycles. The van der Waals surface area contributed by atoms with Gasteiger partial charge in [0.15, 0.2) is 23.0 Å². The van der Waals surface area contributed by atoms with E-state index in [4.69, 9.17) is 18.9 Å². The third-order valence-corrected chi connectivity index (χ3v) is 4.29. The predicted octanol–water partition coefficient (Wildman–Crippen LogP) is 3.01. The van der Waals surface area contributed by atoms with Gasteiger partial charge >= 0.3 is 0 Å². The van der Waals surface area contributed by atoms with Crippen molar-refractivity contribution in [2.24, 2.45) is 0 Å². The Balaban J connectivity index is 1.84. The highest BCUT2D eigenvalue weighted by Gasteiger charge is 2.11. The van der Waals surface area contributed by atoms with Crippen molar-refractivity contribution in [2.45, 2.75) is 19.3 Å². The van der Waals surface area contributed by atoms with Gasteiger partial charge in [-0.25, -0.2) is 0 Å². The molecule has 1 amide bonds. The maximum atomic E-state index is 12.2. The summed E-state index contributed by atoms with van der Waals surface area (Å²) >= 11 is 0. The highest BCUT2D eigenvalue weighted by Crippen LogP contribution is 2.31. The predicted molar refractivity (Wildman–Crippen MR) is 104 cm³/mol. The molecule has 0 aliphatic heterocycles. The van der Waals surface area contributed by atoms with Crippen molar-refractivity contribution in [1.82, 2.24) is 5.32 Å². The number of hydrogen-bond acceptors (Lipinski definition) is 5. The van der Waals surface area contributed by atoms with Gasteiger partial charge in [0.2, 0.25) is 5.91 Å². The lowest BCUT2D eigenvalue weighted by atomic mass is 10.1. The zero-order valence-corrected chi connectivity index (χ0v) is 16.3. The largest absolute Gasteiger partial charge is 0.493 e. The smallest absolute Gasteiger partial charge is 0.220 e. The third kappa shape index (κ3) is 5.54. The lowest BCUT2D eigenvalue weighted by molar-refractivity contribution is -0.121. The molecule has 2 aromatic rings. The molecule has 2 rings (SSSR count). The molecule has 0 atom stereocenters. The number of ether oxygens (including phenoxy) is 4. The summed E-state index contributed by atoms with van der Waals surface area (Å²) in [6, 6.07) is 11.4. The van der Waals surface area contributed by atoms with E-state index in [1.807, 2.05) is 36.4 Å². The quantitative estimate of drug-likeness (QED) is 0.693. The summed E-state index contributed by atoms with van der Waals surface area (Å²) in [5.41, 5.74) is 2.02.